The first-order valence-corrected chi connectivity index (χ1v) is 13.4. The van der Waals surface area contributed by atoms with Crippen LogP contribution in [0.1, 0.15) is 124 Å². The predicted octanol–water partition coefficient (Wildman–Crippen LogP) is 4.79. The van der Waals surface area contributed by atoms with Crippen molar-refractivity contribution in [3.8, 4) is 0 Å². The zero-order chi connectivity index (χ0) is 24.7. The molecular formula is C26H50N2O5. The Kier molecular flexibility index (Phi) is 21.1. The first-order chi connectivity index (χ1) is 16.0. The van der Waals surface area contributed by atoms with Gasteiger partial charge in [0.25, 0.3) is 0 Å². The van der Waals surface area contributed by atoms with Crippen LogP contribution in [0.5, 0.6) is 0 Å². The van der Waals surface area contributed by atoms with E-state index in [1.165, 1.54) is 57.8 Å². The number of hydrogen-bond acceptors (Lipinski definition) is 5. The molecule has 2 amide bonds. The summed E-state index contributed by atoms with van der Waals surface area (Å²) in [6.07, 6.45) is 16.1. The SMILES string of the molecule is CCCCCCCCCCCCCCC(O)C(=O)N[C@@H](CCCC)C(=O)NCC(=O)OCC. The maximum atomic E-state index is 12.4. The molecule has 7 heteroatoms. The summed E-state index contributed by atoms with van der Waals surface area (Å²) in [6.45, 7) is 5.95. The first kappa shape index (κ1) is 31.4. The van der Waals surface area contributed by atoms with E-state index < -0.39 is 29.9 Å². The summed E-state index contributed by atoms with van der Waals surface area (Å²) < 4.78 is 4.80. The van der Waals surface area contributed by atoms with E-state index in [-0.39, 0.29) is 13.2 Å². The summed E-state index contributed by atoms with van der Waals surface area (Å²) in [7, 11) is 0. The Labute approximate surface area is 201 Å². The molecule has 3 N–H and O–H groups in total. The van der Waals surface area contributed by atoms with Gasteiger partial charge >= 0.3 is 5.97 Å². The standard InChI is InChI=1S/C26H50N2O5/c1-4-7-9-10-11-12-13-14-15-16-17-18-20-23(29)26(32)28-22(19-8-5-2)25(31)27-21-24(30)33-6-3/h22-23,29H,4-21H2,1-3H3,(H,27,31)(H,28,32)/t22-,23?/m0/s1. The summed E-state index contributed by atoms with van der Waals surface area (Å²) in [5.41, 5.74) is 0. The maximum absolute atomic E-state index is 12.4. The van der Waals surface area contributed by atoms with Gasteiger partial charge in [-0.3, -0.25) is 14.4 Å². The summed E-state index contributed by atoms with van der Waals surface area (Å²) in [4.78, 5) is 36.2. The van der Waals surface area contributed by atoms with E-state index in [4.69, 9.17) is 4.74 Å². The van der Waals surface area contributed by atoms with Crippen LogP contribution in [0.4, 0.5) is 0 Å². The minimum Gasteiger partial charge on any atom is -0.465 e. The minimum atomic E-state index is -1.12. The fourth-order valence-corrected chi connectivity index (χ4v) is 3.75. The third-order valence-electron chi connectivity index (χ3n) is 5.83. The quantitative estimate of drug-likeness (QED) is 0.156. The van der Waals surface area contributed by atoms with E-state index >= 15 is 0 Å². The lowest BCUT2D eigenvalue weighted by molar-refractivity contribution is -0.143. The largest absolute Gasteiger partial charge is 0.465 e. The van der Waals surface area contributed by atoms with Gasteiger partial charge in [0.05, 0.1) is 6.61 Å². The third-order valence-corrected chi connectivity index (χ3v) is 5.83. The molecule has 0 heterocycles. The fraction of sp³-hybridized carbons (Fsp3) is 0.885. The number of hydrogen-bond donors (Lipinski definition) is 3. The summed E-state index contributed by atoms with van der Waals surface area (Å²) in [6, 6.07) is -0.761. The Bertz CT molecular complexity index is 513. The number of aliphatic hydroxyl groups is 1. The van der Waals surface area contributed by atoms with Crippen LogP contribution in [-0.4, -0.2) is 48.2 Å². The summed E-state index contributed by atoms with van der Waals surface area (Å²) in [5.74, 6) is -1.47. The number of ether oxygens (including phenoxy) is 1. The van der Waals surface area contributed by atoms with E-state index in [2.05, 4.69) is 17.6 Å². The average molecular weight is 471 g/mol. The molecule has 0 aromatic carbocycles. The predicted molar refractivity (Wildman–Crippen MR) is 133 cm³/mol. The number of aliphatic hydroxyl groups excluding tert-OH is 1. The van der Waals surface area contributed by atoms with Gasteiger partial charge in [0.2, 0.25) is 11.8 Å². The topological polar surface area (TPSA) is 105 Å². The van der Waals surface area contributed by atoms with Gasteiger partial charge in [0.15, 0.2) is 0 Å². The van der Waals surface area contributed by atoms with Crippen molar-refractivity contribution in [1.82, 2.24) is 10.6 Å². The lowest BCUT2D eigenvalue weighted by Crippen LogP contribution is -2.50. The van der Waals surface area contributed by atoms with E-state index in [1.807, 2.05) is 6.92 Å². The molecule has 0 rings (SSSR count). The number of nitrogens with one attached hydrogen (secondary N) is 2. The van der Waals surface area contributed by atoms with Crippen LogP contribution >= 0.6 is 0 Å². The van der Waals surface area contributed by atoms with Gasteiger partial charge in [-0.1, -0.05) is 104 Å². The van der Waals surface area contributed by atoms with Gasteiger partial charge in [0, 0.05) is 0 Å². The van der Waals surface area contributed by atoms with Crippen LogP contribution in [0, 0.1) is 0 Å². The molecule has 0 radical (unpaired) electrons. The average Bonchev–Trinajstić information content (AvgIpc) is 2.80. The highest BCUT2D eigenvalue weighted by Crippen LogP contribution is 2.13. The van der Waals surface area contributed by atoms with Crippen LogP contribution in [0.2, 0.25) is 0 Å². The van der Waals surface area contributed by atoms with Crippen LogP contribution in [0.25, 0.3) is 0 Å². The number of unbranched alkanes of at least 4 members (excludes halogenated alkanes) is 12. The Balaban J connectivity index is 4.04. The van der Waals surface area contributed by atoms with E-state index in [0.29, 0.717) is 12.8 Å². The molecule has 0 aromatic heterocycles. The maximum Gasteiger partial charge on any atom is 0.325 e. The summed E-state index contributed by atoms with van der Waals surface area (Å²) in [5, 5.41) is 15.4. The van der Waals surface area contributed by atoms with Gasteiger partial charge in [-0.2, -0.15) is 0 Å². The molecule has 0 aliphatic heterocycles. The molecular weight excluding hydrogens is 420 g/mol. The molecule has 33 heavy (non-hydrogen) atoms. The number of esters is 1. The van der Waals surface area contributed by atoms with Crippen molar-refractivity contribution in [2.75, 3.05) is 13.2 Å². The molecule has 0 saturated carbocycles. The molecule has 0 bridgehead atoms. The highest BCUT2D eigenvalue weighted by Gasteiger charge is 2.24. The number of carbonyl (C=O) groups is 3. The highest BCUT2D eigenvalue weighted by molar-refractivity contribution is 5.90. The van der Waals surface area contributed by atoms with Crippen molar-refractivity contribution in [2.45, 2.75) is 136 Å². The molecule has 7 nitrogen and oxygen atoms in total. The second kappa shape index (κ2) is 22.2. The van der Waals surface area contributed by atoms with Gasteiger partial charge in [-0.15, -0.1) is 0 Å². The van der Waals surface area contributed by atoms with E-state index in [0.717, 1.165) is 32.1 Å². The fourth-order valence-electron chi connectivity index (χ4n) is 3.75. The molecule has 0 aliphatic rings. The van der Waals surface area contributed by atoms with Gasteiger partial charge < -0.3 is 20.5 Å². The highest BCUT2D eigenvalue weighted by atomic mass is 16.5. The van der Waals surface area contributed by atoms with Gasteiger partial charge in [-0.25, -0.2) is 0 Å². The lowest BCUT2D eigenvalue weighted by atomic mass is 10.0. The summed E-state index contributed by atoms with van der Waals surface area (Å²) >= 11 is 0. The van der Waals surface area contributed by atoms with Gasteiger partial charge in [0.1, 0.15) is 18.7 Å². The van der Waals surface area contributed by atoms with Crippen molar-refractivity contribution in [3.05, 3.63) is 0 Å². The van der Waals surface area contributed by atoms with Crippen LogP contribution in [0.15, 0.2) is 0 Å². The van der Waals surface area contributed by atoms with Crippen molar-refractivity contribution < 1.29 is 24.2 Å². The molecule has 0 fully saturated rings. The molecule has 194 valence electrons. The first-order valence-electron chi connectivity index (χ1n) is 13.4. The second-order valence-corrected chi connectivity index (χ2v) is 8.92. The van der Waals surface area contributed by atoms with Crippen LogP contribution < -0.4 is 10.6 Å². The third kappa shape index (κ3) is 18.5. The van der Waals surface area contributed by atoms with Crippen LogP contribution in [-0.2, 0) is 19.1 Å². The molecule has 0 spiro atoms. The number of rotatable bonds is 22. The molecule has 0 aliphatic carbocycles. The second-order valence-electron chi connectivity index (χ2n) is 8.92. The van der Waals surface area contributed by atoms with Gasteiger partial charge in [-0.05, 0) is 19.8 Å². The van der Waals surface area contributed by atoms with E-state index in [1.54, 1.807) is 6.92 Å². The number of amides is 2. The minimum absolute atomic E-state index is 0.230. The van der Waals surface area contributed by atoms with Crippen molar-refractivity contribution >= 4 is 17.8 Å². The van der Waals surface area contributed by atoms with Crippen molar-refractivity contribution in [3.63, 3.8) is 0 Å². The Morgan fingerprint density at radius 3 is 1.73 bits per heavy atom. The molecule has 0 aromatic rings. The Hall–Kier alpha value is -1.63. The molecule has 1 unspecified atom stereocenters. The van der Waals surface area contributed by atoms with Crippen molar-refractivity contribution in [2.24, 2.45) is 0 Å². The Morgan fingerprint density at radius 1 is 0.697 bits per heavy atom. The number of carbonyl (C=O) groups excluding carboxylic acids is 3. The van der Waals surface area contributed by atoms with Crippen molar-refractivity contribution in [1.29, 1.82) is 0 Å². The Morgan fingerprint density at radius 2 is 1.21 bits per heavy atom. The molecule has 0 saturated heterocycles. The molecule has 2 atom stereocenters. The van der Waals surface area contributed by atoms with Crippen LogP contribution in [0.3, 0.4) is 0 Å². The lowest BCUT2D eigenvalue weighted by Gasteiger charge is -2.20. The zero-order valence-electron chi connectivity index (χ0n) is 21.5. The zero-order valence-corrected chi connectivity index (χ0v) is 21.5. The van der Waals surface area contributed by atoms with E-state index in [9.17, 15) is 19.5 Å². The monoisotopic (exact) mass is 470 g/mol. The smallest absolute Gasteiger partial charge is 0.325 e. The normalized spacial score (nSPS) is 12.7.